The molecule has 0 saturated heterocycles. The zero-order valence-corrected chi connectivity index (χ0v) is 13.8. The van der Waals surface area contributed by atoms with Gasteiger partial charge in [0.2, 0.25) is 0 Å². The fourth-order valence-electron chi connectivity index (χ4n) is 1.63. The van der Waals surface area contributed by atoms with Crippen molar-refractivity contribution in [1.82, 2.24) is 0 Å². The Hall–Kier alpha value is -1.06. The van der Waals surface area contributed by atoms with Gasteiger partial charge in [-0.2, -0.15) is 0 Å². The van der Waals surface area contributed by atoms with Gasteiger partial charge in [-0.15, -0.1) is 0 Å². The molecule has 0 bridgehead atoms. The van der Waals surface area contributed by atoms with E-state index in [1.54, 1.807) is 0 Å². The molecule has 0 aromatic carbocycles. The van der Waals surface area contributed by atoms with Crippen molar-refractivity contribution in [3.63, 3.8) is 0 Å². The minimum absolute atomic E-state index is 0.236. The Morgan fingerprint density at radius 1 is 0.900 bits per heavy atom. The van der Waals surface area contributed by atoms with E-state index in [0.717, 1.165) is 6.42 Å². The maximum absolute atomic E-state index is 11.8. The lowest BCUT2D eigenvalue weighted by Gasteiger charge is -2.26. The third-order valence-corrected chi connectivity index (χ3v) is 3.15. The van der Waals surface area contributed by atoms with Crippen molar-refractivity contribution in [3.05, 3.63) is 0 Å². The highest BCUT2D eigenvalue weighted by atomic mass is 16.5. The van der Waals surface area contributed by atoms with Crippen molar-refractivity contribution in [2.45, 2.75) is 60.8 Å². The van der Waals surface area contributed by atoms with E-state index in [9.17, 15) is 9.59 Å². The SMILES string of the molecule is CCC(C)(CC(=O)OCC(C)C)CC(=O)OCC(C)C. The first-order valence-corrected chi connectivity index (χ1v) is 7.49. The van der Waals surface area contributed by atoms with Crippen molar-refractivity contribution in [2.75, 3.05) is 13.2 Å². The standard InChI is InChI=1S/C16H30O4/c1-7-16(6,8-14(17)19-10-12(2)3)9-15(18)20-11-13(4)5/h12-13H,7-11H2,1-6H3. The molecule has 20 heavy (non-hydrogen) atoms. The summed E-state index contributed by atoms with van der Waals surface area (Å²) in [6.07, 6.45) is 1.25. The van der Waals surface area contributed by atoms with E-state index < -0.39 is 0 Å². The van der Waals surface area contributed by atoms with Gasteiger partial charge >= 0.3 is 11.9 Å². The molecule has 0 heterocycles. The summed E-state index contributed by atoms with van der Waals surface area (Å²) in [6, 6.07) is 0. The maximum Gasteiger partial charge on any atom is 0.306 e. The van der Waals surface area contributed by atoms with Gasteiger partial charge in [-0.1, -0.05) is 41.5 Å². The Balaban J connectivity index is 4.31. The highest BCUT2D eigenvalue weighted by Crippen LogP contribution is 2.31. The quantitative estimate of drug-likeness (QED) is 0.608. The van der Waals surface area contributed by atoms with Gasteiger partial charge in [-0.05, 0) is 23.7 Å². The predicted octanol–water partition coefficient (Wildman–Crippen LogP) is 3.58. The molecule has 118 valence electrons. The summed E-state index contributed by atoms with van der Waals surface area (Å²) in [5, 5.41) is 0. The molecule has 0 unspecified atom stereocenters. The van der Waals surface area contributed by atoms with E-state index in [2.05, 4.69) is 0 Å². The second kappa shape index (κ2) is 8.98. The molecule has 0 saturated carbocycles. The Labute approximate surface area is 123 Å². The zero-order valence-electron chi connectivity index (χ0n) is 13.8. The number of rotatable bonds is 9. The molecule has 0 aromatic rings. The molecule has 0 rings (SSSR count). The first-order valence-electron chi connectivity index (χ1n) is 7.49. The van der Waals surface area contributed by atoms with Crippen LogP contribution in [0.3, 0.4) is 0 Å². The highest BCUT2D eigenvalue weighted by molar-refractivity contribution is 5.74. The lowest BCUT2D eigenvalue weighted by molar-refractivity contribution is -0.151. The molecule has 0 aromatic heterocycles. The fourth-order valence-corrected chi connectivity index (χ4v) is 1.63. The van der Waals surface area contributed by atoms with Gasteiger partial charge < -0.3 is 9.47 Å². The molecule has 4 nitrogen and oxygen atoms in total. The molecule has 0 fully saturated rings. The summed E-state index contributed by atoms with van der Waals surface area (Å²) in [5.41, 5.74) is -0.387. The van der Waals surface area contributed by atoms with Crippen LogP contribution in [0.2, 0.25) is 0 Å². The molecule has 0 N–H and O–H groups in total. The molecule has 0 amide bonds. The third kappa shape index (κ3) is 8.94. The van der Waals surface area contributed by atoms with Crippen LogP contribution in [0.25, 0.3) is 0 Å². The van der Waals surface area contributed by atoms with Crippen molar-refractivity contribution < 1.29 is 19.1 Å². The van der Waals surface area contributed by atoms with Gasteiger partial charge in [0, 0.05) is 0 Å². The van der Waals surface area contributed by atoms with Crippen LogP contribution < -0.4 is 0 Å². The van der Waals surface area contributed by atoms with Gasteiger partial charge in [0.05, 0.1) is 26.1 Å². The largest absolute Gasteiger partial charge is 0.465 e. The average molecular weight is 286 g/mol. The van der Waals surface area contributed by atoms with E-state index >= 15 is 0 Å². The average Bonchev–Trinajstić information content (AvgIpc) is 2.33. The first-order chi connectivity index (χ1) is 9.18. The van der Waals surface area contributed by atoms with Crippen LogP contribution in [-0.2, 0) is 19.1 Å². The summed E-state index contributed by atoms with van der Waals surface area (Å²) >= 11 is 0. The van der Waals surface area contributed by atoms with Crippen LogP contribution in [0.5, 0.6) is 0 Å². The van der Waals surface area contributed by atoms with Gasteiger partial charge in [0.25, 0.3) is 0 Å². The molecule has 0 aliphatic rings. The number of esters is 2. The molecule has 0 aliphatic carbocycles. The smallest absolute Gasteiger partial charge is 0.306 e. The molecule has 0 spiro atoms. The van der Waals surface area contributed by atoms with Crippen LogP contribution in [0, 0.1) is 17.3 Å². The number of ether oxygens (including phenoxy) is 2. The van der Waals surface area contributed by atoms with Crippen molar-refractivity contribution >= 4 is 11.9 Å². The zero-order chi connectivity index (χ0) is 15.8. The number of hydrogen-bond donors (Lipinski definition) is 0. The lowest BCUT2D eigenvalue weighted by Crippen LogP contribution is -2.27. The third-order valence-electron chi connectivity index (χ3n) is 3.15. The Kier molecular flexibility index (Phi) is 8.51. The van der Waals surface area contributed by atoms with Crippen molar-refractivity contribution in [3.8, 4) is 0 Å². The Morgan fingerprint density at radius 3 is 1.50 bits per heavy atom. The van der Waals surface area contributed by atoms with Gasteiger partial charge in [-0.25, -0.2) is 0 Å². The maximum atomic E-state index is 11.8. The Bertz CT molecular complexity index is 282. The summed E-state index contributed by atoms with van der Waals surface area (Å²) in [4.78, 5) is 23.6. The molecular weight excluding hydrogens is 256 g/mol. The second-order valence-electron chi connectivity index (χ2n) is 6.67. The van der Waals surface area contributed by atoms with Crippen LogP contribution in [0.1, 0.15) is 60.8 Å². The molecule has 0 aliphatic heterocycles. The van der Waals surface area contributed by atoms with E-state index in [-0.39, 0.29) is 30.2 Å². The first kappa shape index (κ1) is 18.9. The predicted molar refractivity (Wildman–Crippen MR) is 79.2 cm³/mol. The summed E-state index contributed by atoms with van der Waals surface area (Å²) < 4.78 is 10.4. The minimum Gasteiger partial charge on any atom is -0.465 e. The topological polar surface area (TPSA) is 52.6 Å². The number of carbonyl (C=O) groups excluding carboxylic acids is 2. The van der Waals surface area contributed by atoms with Crippen LogP contribution in [0.15, 0.2) is 0 Å². The van der Waals surface area contributed by atoms with Crippen LogP contribution in [0.4, 0.5) is 0 Å². The molecule has 0 radical (unpaired) electrons. The van der Waals surface area contributed by atoms with Crippen LogP contribution in [-0.4, -0.2) is 25.2 Å². The molecule has 0 atom stereocenters. The fraction of sp³-hybridized carbons (Fsp3) is 0.875. The summed E-state index contributed by atoms with van der Waals surface area (Å²) in [5.74, 6) is 0.171. The van der Waals surface area contributed by atoms with Gasteiger partial charge in [0.1, 0.15) is 0 Å². The second-order valence-corrected chi connectivity index (χ2v) is 6.67. The molecular formula is C16H30O4. The minimum atomic E-state index is -0.387. The lowest BCUT2D eigenvalue weighted by atomic mass is 9.81. The summed E-state index contributed by atoms with van der Waals surface area (Å²) in [7, 11) is 0. The van der Waals surface area contributed by atoms with Crippen molar-refractivity contribution in [2.24, 2.45) is 17.3 Å². The van der Waals surface area contributed by atoms with Gasteiger partial charge in [-0.3, -0.25) is 9.59 Å². The van der Waals surface area contributed by atoms with Crippen LogP contribution >= 0.6 is 0 Å². The number of hydrogen-bond acceptors (Lipinski definition) is 4. The van der Waals surface area contributed by atoms with E-state index in [4.69, 9.17) is 9.47 Å². The number of carbonyl (C=O) groups is 2. The van der Waals surface area contributed by atoms with Gasteiger partial charge in [0.15, 0.2) is 0 Å². The summed E-state index contributed by atoms with van der Waals surface area (Å²) in [6.45, 7) is 12.7. The van der Waals surface area contributed by atoms with E-state index in [0.29, 0.717) is 25.0 Å². The van der Waals surface area contributed by atoms with E-state index in [1.807, 2.05) is 41.5 Å². The monoisotopic (exact) mass is 286 g/mol. The molecule has 4 heteroatoms. The van der Waals surface area contributed by atoms with Crippen molar-refractivity contribution in [1.29, 1.82) is 0 Å². The normalized spacial score (nSPS) is 11.8. The van der Waals surface area contributed by atoms with E-state index in [1.165, 1.54) is 0 Å². The Morgan fingerprint density at radius 2 is 1.25 bits per heavy atom. The highest BCUT2D eigenvalue weighted by Gasteiger charge is 2.30.